The molecule has 6 aromatic carbocycles. The van der Waals surface area contributed by atoms with Gasteiger partial charge in [-0.1, -0.05) is 159 Å². The molecule has 6 heteroatoms. The maximum atomic E-state index is 15.4. The maximum Gasteiger partial charge on any atom is 0.327 e. The molecular weight excluding hydrogens is 608 g/mol. The van der Waals surface area contributed by atoms with E-state index >= 15 is 4.79 Å². The van der Waals surface area contributed by atoms with Crippen LogP contribution in [0.4, 0.5) is 5.69 Å². The molecule has 1 amide bonds. The van der Waals surface area contributed by atoms with Crippen molar-refractivity contribution in [3.63, 3.8) is 0 Å². The van der Waals surface area contributed by atoms with E-state index in [1.54, 1.807) is 4.90 Å². The number of carbonyl (C=O) groups is 2. The molecule has 1 heterocycles. The van der Waals surface area contributed by atoms with Crippen molar-refractivity contribution in [3.8, 4) is 0 Å². The molecule has 7 rings (SSSR count). The molecular formula is C43H38N2O4. The van der Waals surface area contributed by atoms with E-state index in [2.05, 4.69) is 5.32 Å². The SMILES string of the molecule is CCC(NC(c1ccccc1)c1ccccc1)(C(=O)O)C1(OCc2cccc3ccccc23)C(=O)N(Cc2ccccc2)c2ccccc21. The Kier molecular flexibility index (Phi) is 8.83. The topological polar surface area (TPSA) is 78.9 Å². The average Bonchev–Trinajstić information content (AvgIpc) is 3.39. The maximum absolute atomic E-state index is 15.4. The van der Waals surface area contributed by atoms with Gasteiger partial charge < -0.3 is 14.7 Å². The summed E-state index contributed by atoms with van der Waals surface area (Å²) in [5, 5.41) is 17.2. The van der Waals surface area contributed by atoms with Crippen LogP contribution in [-0.4, -0.2) is 22.5 Å². The van der Waals surface area contributed by atoms with Crippen molar-refractivity contribution in [2.24, 2.45) is 0 Å². The molecule has 244 valence electrons. The Labute approximate surface area is 286 Å². The zero-order chi connectivity index (χ0) is 33.8. The van der Waals surface area contributed by atoms with E-state index in [0.717, 1.165) is 33.0 Å². The van der Waals surface area contributed by atoms with Gasteiger partial charge in [0.25, 0.3) is 5.91 Å². The first-order valence-corrected chi connectivity index (χ1v) is 16.7. The number of nitrogens with one attached hydrogen (secondary N) is 1. The first-order valence-electron chi connectivity index (χ1n) is 16.7. The number of fused-ring (bicyclic) bond motifs is 2. The molecule has 0 fully saturated rings. The molecule has 0 saturated heterocycles. The van der Waals surface area contributed by atoms with Gasteiger partial charge in [0.2, 0.25) is 5.60 Å². The minimum absolute atomic E-state index is 0.0126. The Morgan fingerprint density at radius 3 is 1.98 bits per heavy atom. The number of anilines is 1. The predicted molar refractivity (Wildman–Crippen MR) is 193 cm³/mol. The van der Waals surface area contributed by atoms with Crippen LogP contribution in [0.15, 0.2) is 158 Å². The van der Waals surface area contributed by atoms with Gasteiger partial charge in [-0.05, 0) is 45.5 Å². The highest BCUT2D eigenvalue weighted by Crippen LogP contribution is 2.52. The normalized spacial score (nSPS) is 16.9. The van der Waals surface area contributed by atoms with Crippen molar-refractivity contribution in [2.75, 3.05) is 4.90 Å². The first kappa shape index (κ1) is 32.0. The summed E-state index contributed by atoms with van der Waals surface area (Å²) in [5.74, 6) is -1.59. The number of carboxylic acids is 1. The second kappa shape index (κ2) is 13.5. The highest BCUT2D eigenvalue weighted by atomic mass is 16.5. The van der Waals surface area contributed by atoms with Crippen LogP contribution in [0, 0.1) is 0 Å². The van der Waals surface area contributed by atoms with Crippen molar-refractivity contribution in [1.82, 2.24) is 5.32 Å². The van der Waals surface area contributed by atoms with Crippen molar-refractivity contribution in [2.45, 2.75) is 43.7 Å². The van der Waals surface area contributed by atoms with E-state index in [4.69, 9.17) is 4.74 Å². The minimum atomic E-state index is -1.95. The van der Waals surface area contributed by atoms with E-state index in [1.165, 1.54) is 0 Å². The quantitative estimate of drug-likeness (QED) is 0.140. The third-order valence-electron chi connectivity index (χ3n) is 9.78. The van der Waals surface area contributed by atoms with Crippen LogP contribution < -0.4 is 10.2 Å². The summed E-state index contributed by atoms with van der Waals surface area (Å²) in [4.78, 5) is 31.3. The minimum Gasteiger partial charge on any atom is -0.480 e. The highest BCUT2D eigenvalue weighted by Gasteiger charge is 2.68. The highest BCUT2D eigenvalue weighted by molar-refractivity contribution is 6.11. The molecule has 6 nitrogen and oxygen atoms in total. The van der Waals surface area contributed by atoms with E-state index < -0.39 is 29.1 Å². The van der Waals surface area contributed by atoms with Gasteiger partial charge in [-0.2, -0.15) is 0 Å². The van der Waals surface area contributed by atoms with Gasteiger partial charge in [0, 0.05) is 5.56 Å². The van der Waals surface area contributed by atoms with Gasteiger partial charge in [-0.3, -0.25) is 14.9 Å². The Morgan fingerprint density at radius 2 is 1.33 bits per heavy atom. The summed E-state index contributed by atoms with van der Waals surface area (Å²) >= 11 is 0. The number of hydrogen-bond donors (Lipinski definition) is 2. The van der Waals surface area contributed by atoms with Gasteiger partial charge >= 0.3 is 5.97 Å². The standard InChI is InChI=1S/C43H38N2O4/c1-2-42(41(47)48,44-39(33-20-8-4-9-21-33)34-22-10-5-11-23-34)43(49-30-35-25-16-24-32-19-12-13-26-36(32)35)37-27-14-15-28-38(37)45(40(43)46)29-31-17-6-3-7-18-31/h3-28,39,44H,2,29-30H2,1H3,(H,47,48). The number of nitrogens with zero attached hydrogens (tertiary/aromatic N) is 1. The first-order chi connectivity index (χ1) is 24.0. The average molecular weight is 647 g/mol. The van der Waals surface area contributed by atoms with E-state index in [-0.39, 0.29) is 19.6 Å². The van der Waals surface area contributed by atoms with Crippen LogP contribution in [-0.2, 0) is 33.1 Å². The zero-order valence-electron chi connectivity index (χ0n) is 27.3. The Balaban J connectivity index is 1.44. The molecule has 2 N–H and O–H groups in total. The number of rotatable bonds is 12. The van der Waals surface area contributed by atoms with Gasteiger partial charge in [0.05, 0.1) is 24.9 Å². The van der Waals surface area contributed by atoms with Gasteiger partial charge in [-0.25, -0.2) is 0 Å². The van der Waals surface area contributed by atoms with Gasteiger partial charge in [0.15, 0.2) is 5.54 Å². The number of amides is 1. The summed E-state index contributed by atoms with van der Waals surface area (Å²) in [6.45, 7) is 2.09. The summed E-state index contributed by atoms with van der Waals surface area (Å²) in [6.07, 6.45) is 0.0489. The molecule has 0 aromatic heterocycles. The molecule has 49 heavy (non-hydrogen) atoms. The summed E-state index contributed by atoms with van der Waals surface area (Å²) in [5.41, 5.74) is 0.826. The fourth-order valence-electron chi connectivity index (χ4n) is 7.34. The third-order valence-corrected chi connectivity index (χ3v) is 9.78. The Hall–Kier alpha value is -5.56. The summed E-state index contributed by atoms with van der Waals surface area (Å²) in [6, 6.07) is 50.1. The fraction of sp³-hybridized carbons (Fsp3) is 0.163. The Morgan fingerprint density at radius 1 is 0.755 bits per heavy atom. The molecule has 6 aromatic rings. The van der Waals surface area contributed by atoms with Crippen LogP contribution >= 0.6 is 0 Å². The number of ether oxygens (including phenoxy) is 1. The van der Waals surface area contributed by atoms with E-state index in [0.29, 0.717) is 11.3 Å². The van der Waals surface area contributed by atoms with Gasteiger partial charge in [0.1, 0.15) is 0 Å². The van der Waals surface area contributed by atoms with E-state index in [1.807, 2.05) is 165 Å². The smallest absolute Gasteiger partial charge is 0.327 e. The van der Waals surface area contributed by atoms with Crippen LogP contribution in [0.1, 0.15) is 47.2 Å². The second-order valence-corrected chi connectivity index (χ2v) is 12.5. The number of carbonyl (C=O) groups excluding carboxylic acids is 1. The molecule has 2 atom stereocenters. The molecule has 0 aliphatic carbocycles. The lowest BCUT2D eigenvalue weighted by atomic mass is 9.72. The number of benzene rings is 6. The monoisotopic (exact) mass is 646 g/mol. The zero-order valence-corrected chi connectivity index (χ0v) is 27.3. The number of carboxylic acid groups (broad SMARTS) is 1. The molecule has 0 spiro atoms. The molecule has 0 radical (unpaired) electrons. The number of aliphatic carboxylic acids is 1. The largest absolute Gasteiger partial charge is 0.480 e. The van der Waals surface area contributed by atoms with Gasteiger partial charge in [-0.15, -0.1) is 0 Å². The summed E-state index contributed by atoms with van der Waals surface area (Å²) < 4.78 is 7.05. The fourth-order valence-corrected chi connectivity index (χ4v) is 7.34. The molecule has 1 aliphatic rings. The van der Waals surface area contributed by atoms with E-state index in [9.17, 15) is 9.90 Å². The lowest BCUT2D eigenvalue weighted by Gasteiger charge is -2.46. The third kappa shape index (κ3) is 5.59. The molecule has 0 bridgehead atoms. The van der Waals surface area contributed by atoms with Crippen molar-refractivity contribution in [3.05, 3.63) is 186 Å². The number of para-hydroxylation sites is 1. The van der Waals surface area contributed by atoms with Crippen LogP contribution in [0.3, 0.4) is 0 Å². The number of hydrogen-bond acceptors (Lipinski definition) is 4. The summed E-state index contributed by atoms with van der Waals surface area (Å²) in [7, 11) is 0. The van der Waals surface area contributed by atoms with Crippen molar-refractivity contribution in [1.29, 1.82) is 0 Å². The van der Waals surface area contributed by atoms with Crippen LogP contribution in [0.25, 0.3) is 10.8 Å². The van der Waals surface area contributed by atoms with Crippen molar-refractivity contribution >= 4 is 28.3 Å². The molecule has 2 unspecified atom stereocenters. The molecule has 0 saturated carbocycles. The van der Waals surface area contributed by atoms with Crippen LogP contribution in [0.2, 0.25) is 0 Å². The predicted octanol–water partition coefficient (Wildman–Crippen LogP) is 8.41. The second-order valence-electron chi connectivity index (χ2n) is 12.5. The Bertz CT molecular complexity index is 2040. The lowest BCUT2D eigenvalue weighted by molar-refractivity contribution is -0.181. The lowest BCUT2D eigenvalue weighted by Crippen LogP contribution is -2.70. The van der Waals surface area contributed by atoms with Crippen LogP contribution in [0.5, 0.6) is 0 Å². The molecule has 1 aliphatic heterocycles. The van der Waals surface area contributed by atoms with Crippen molar-refractivity contribution < 1.29 is 19.4 Å².